The fourth-order valence-corrected chi connectivity index (χ4v) is 2.65. The van der Waals surface area contributed by atoms with Crippen molar-refractivity contribution >= 4 is 29.0 Å². The Bertz CT molecular complexity index is 642. The van der Waals surface area contributed by atoms with Crippen molar-refractivity contribution in [1.82, 2.24) is 4.98 Å². The number of carbonyl (C=O) groups is 1. The summed E-state index contributed by atoms with van der Waals surface area (Å²) in [6, 6.07) is 11.3. The van der Waals surface area contributed by atoms with E-state index in [1.54, 1.807) is 23.2 Å². The third-order valence-corrected chi connectivity index (χ3v) is 3.81. The molecule has 21 heavy (non-hydrogen) atoms. The molecule has 2 amide bonds. The fourth-order valence-electron chi connectivity index (χ4n) is 2.54. The summed E-state index contributed by atoms with van der Waals surface area (Å²) in [6.07, 6.45) is 4.68. The Morgan fingerprint density at radius 1 is 1.19 bits per heavy atom. The molecule has 0 radical (unpaired) electrons. The van der Waals surface area contributed by atoms with Crippen LogP contribution in [0.1, 0.15) is 18.4 Å². The van der Waals surface area contributed by atoms with Gasteiger partial charge in [-0.25, -0.2) is 9.78 Å². The van der Waals surface area contributed by atoms with Gasteiger partial charge in [0.05, 0.1) is 11.9 Å². The Morgan fingerprint density at radius 2 is 2.05 bits per heavy atom. The number of nitrogens with one attached hydrogen (secondary N) is 1. The summed E-state index contributed by atoms with van der Waals surface area (Å²) in [7, 11) is 0. The van der Waals surface area contributed by atoms with Crippen molar-refractivity contribution in [3.63, 3.8) is 0 Å². The van der Waals surface area contributed by atoms with Crippen LogP contribution in [0.15, 0.2) is 42.6 Å². The number of benzene rings is 1. The first kappa shape index (κ1) is 13.9. The molecule has 0 fully saturated rings. The summed E-state index contributed by atoms with van der Waals surface area (Å²) in [5.41, 5.74) is 2.86. The zero-order valence-electron chi connectivity index (χ0n) is 11.6. The lowest BCUT2D eigenvalue weighted by Crippen LogP contribution is -2.35. The van der Waals surface area contributed by atoms with Crippen molar-refractivity contribution in [3.8, 4) is 0 Å². The first-order chi connectivity index (χ1) is 10.2. The highest BCUT2D eigenvalue weighted by Gasteiger charge is 2.20. The topological polar surface area (TPSA) is 45.2 Å². The third kappa shape index (κ3) is 3.16. The van der Waals surface area contributed by atoms with Crippen LogP contribution in [-0.4, -0.2) is 17.6 Å². The molecule has 1 aliphatic heterocycles. The summed E-state index contributed by atoms with van der Waals surface area (Å²) in [6.45, 7) is 0.726. The average Bonchev–Trinajstić information content (AvgIpc) is 2.72. The molecular weight excluding hydrogens is 286 g/mol. The first-order valence-electron chi connectivity index (χ1n) is 7.02. The van der Waals surface area contributed by atoms with Crippen molar-refractivity contribution in [2.24, 2.45) is 0 Å². The van der Waals surface area contributed by atoms with Crippen LogP contribution >= 0.6 is 11.6 Å². The van der Waals surface area contributed by atoms with E-state index in [-0.39, 0.29) is 6.03 Å². The number of para-hydroxylation sites is 1. The summed E-state index contributed by atoms with van der Waals surface area (Å²) < 4.78 is 0. The van der Waals surface area contributed by atoms with Gasteiger partial charge < -0.3 is 5.32 Å². The Morgan fingerprint density at radius 3 is 2.86 bits per heavy atom. The van der Waals surface area contributed by atoms with Crippen LogP contribution in [0.3, 0.4) is 0 Å². The van der Waals surface area contributed by atoms with Crippen LogP contribution < -0.4 is 10.2 Å². The molecule has 1 aromatic carbocycles. The molecule has 5 heteroatoms. The van der Waals surface area contributed by atoms with E-state index in [4.69, 9.17) is 11.6 Å². The lowest BCUT2D eigenvalue weighted by atomic mass is 10.1. The Kier molecular flexibility index (Phi) is 4.06. The van der Waals surface area contributed by atoms with E-state index >= 15 is 0 Å². The van der Waals surface area contributed by atoms with Crippen molar-refractivity contribution < 1.29 is 4.79 Å². The molecule has 0 atom stereocenters. The fraction of sp³-hybridized carbons (Fsp3) is 0.250. The van der Waals surface area contributed by atoms with Gasteiger partial charge in [-0.1, -0.05) is 29.8 Å². The molecule has 1 aliphatic rings. The predicted molar refractivity (Wildman–Crippen MR) is 85.0 cm³/mol. The molecule has 0 bridgehead atoms. The minimum Gasteiger partial charge on any atom is -0.306 e. The average molecular weight is 302 g/mol. The molecule has 0 saturated heterocycles. The van der Waals surface area contributed by atoms with Gasteiger partial charge >= 0.3 is 6.03 Å². The van der Waals surface area contributed by atoms with E-state index < -0.39 is 0 Å². The molecular formula is C16H16ClN3O. The maximum absolute atomic E-state index is 12.5. The quantitative estimate of drug-likeness (QED) is 0.806. The van der Waals surface area contributed by atoms with Crippen LogP contribution in [0, 0.1) is 0 Å². The second-order valence-electron chi connectivity index (χ2n) is 5.04. The minimum absolute atomic E-state index is 0.131. The zero-order chi connectivity index (χ0) is 14.7. The number of halogens is 1. The van der Waals surface area contributed by atoms with Gasteiger partial charge in [0, 0.05) is 12.2 Å². The number of anilines is 2. The zero-order valence-corrected chi connectivity index (χ0v) is 12.3. The molecule has 0 spiro atoms. The molecule has 2 heterocycles. The monoisotopic (exact) mass is 301 g/mol. The van der Waals surface area contributed by atoms with Gasteiger partial charge in [-0.05, 0) is 43.0 Å². The molecule has 1 N–H and O–H groups in total. The largest absolute Gasteiger partial charge is 0.326 e. The smallest absolute Gasteiger partial charge is 0.306 e. The number of hydrogen-bond acceptors (Lipinski definition) is 2. The van der Waals surface area contributed by atoms with Crippen LogP contribution in [0.2, 0.25) is 5.15 Å². The summed E-state index contributed by atoms with van der Waals surface area (Å²) in [5.74, 6) is 0. The van der Waals surface area contributed by atoms with Gasteiger partial charge in [-0.2, -0.15) is 0 Å². The maximum Gasteiger partial charge on any atom is 0.326 e. The number of fused-ring (bicyclic) bond motifs is 1. The molecule has 108 valence electrons. The second kappa shape index (κ2) is 6.14. The van der Waals surface area contributed by atoms with Crippen LogP contribution in [0.25, 0.3) is 0 Å². The van der Waals surface area contributed by atoms with Crippen LogP contribution in [0.5, 0.6) is 0 Å². The van der Waals surface area contributed by atoms with Crippen molar-refractivity contribution in [2.75, 3.05) is 16.8 Å². The van der Waals surface area contributed by atoms with Gasteiger partial charge in [-0.3, -0.25) is 4.90 Å². The van der Waals surface area contributed by atoms with E-state index in [1.807, 2.05) is 18.2 Å². The van der Waals surface area contributed by atoms with Crippen LogP contribution in [-0.2, 0) is 6.42 Å². The first-order valence-corrected chi connectivity index (χ1v) is 7.40. The van der Waals surface area contributed by atoms with Crippen molar-refractivity contribution in [2.45, 2.75) is 19.3 Å². The number of pyridine rings is 1. The number of rotatable bonds is 1. The second-order valence-corrected chi connectivity index (χ2v) is 5.42. The molecule has 0 saturated carbocycles. The SMILES string of the molecule is O=C(Nc1ccc(Cl)nc1)N1CCCCc2ccccc21. The standard InChI is InChI=1S/C16H16ClN3O/c17-15-9-8-13(11-18-15)19-16(21)20-10-4-3-6-12-5-1-2-7-14(12)20/h1-2,5,7-9,11H,3-4,6,10H2,(H,19,21). The molecule has 0 unspecified atom stereocenters. The molecule has 3 rings (SSSR count). The minimum atomic E-state index is -0.131. The van der Waals surface area contributed by atoms with E-state index in [0.717, 1.165) is 31.5 Å². The van der Waals surface area contributed by atoms with E-state index in [1.165, 1.54) is 5.56 Å². The van der Waals surface area contributed by atoms with Gasteiger partial charge in [0.1, 0.15) is 5.15 Å². The van der Waals surface area contributed by atoms with E-state index in [9.17, 15) is 4.79 Å². The number of aryl methyl sites for hydroxylation is 1. The van der Waals surface area contributed by atoms with Crippen LogP contribution in [0.4, 0.5) is 16.2 Å². The lowest BCUT2D eigenvalue weighted by molar-refractivity contribution is 0.257. The summed E-state index contributed by atoms with van der Waals surface area (Å²) in [5, 5.41) is 3.28. The van der Waals surface area contributed by atoms with Gasteiger partial charge in [-0.15, -0.1) is 0 Å². The normalized spacial score (nSPS) is 14.2. The highest BCUT2D eigenvalue weighted by molar-refractivity contribution is 6.29. The Hall–Kier alpha value is -2.07. The number of urea groups is 1. The van der Waals surface area contributed by atoms with Gasteiger partial charge in [0.15, 0.2) is 0 Å². The summed E-state index contributed by atoms with van der Waals surface area (Å²) >= 11 is 5.75. The van der Waals surface area contributed by atoms with E-state index in [2.05, 4.69) is 16.4 Å². The Balaban J connectivity index is 1.82. The maximum atomic E-state index is 12.5. The number of aromatic nitrogens is 1. The predicted octanol–water partition coefficient (Wildman–Crippen LogP) is 4.11. The number of carbonyl (C=O) groups excluding carboxylic acids is 1. The highest BCUT2D eigenvalue weighted by atomic mass is 35.5. The Labute approximate surface area is 128 Å². The van der Waals surface area contributed by atoms with Gasteiger partial charge in [0.2, 0.25) is 0 Å². The summed E-state index contributed by atoms with van der Waals surface area (Å²) in [4.78, 5) is 18.3. The third-order valence-electron chi connectivity index (χ3n) is 3.58. The van der Waals surface area contributed by atoms with E-state index in [0.29, 0.717) is 10.8 Å². The number of nitrogens with zero attached hydrogens (tertiary/aromatic N) is 2. The number of amides is 2. The molecule has 2 aromatic rings. The van der Waals surface area contributed by atoms with Crippen molar-refractivity contribution in [3.05, 3.63) is 53.3 Å². The number of hydrogen-bond donors (Lipinski definition) is 1. The molecule has 0 aliphatic carbocycles. The lowest BCUT2D eigenvalue weighted by Gasteiger charge is -2.23. The van der Waals surface area contributed by atoms with Crippen molar-refractivity contribution in [1.29, 1.82) is 0 Å². The molecule has 1 aromatic heterocycles. The molecule has 4 nitrogen and oxygen atoms in total. The van der Waals surface area contributed by atoms with Gasteiger partial charge in [0.25, 0.3) is 0 Å². The highest BCUT2D eigenvalue weighted by Crippen LogP contribution is 2.26.